The molecule has 1 aliphatic heterocycles. The molecule has 0 saturated carbocycles. The third kappa shape index (κ3) is 5.68. The fraction of sp³-hybridized carbons (Fsp3) is 0.250. The van der Waals surface area contributed by atoms with Crippen LogP contribution in [0.15, 0.2) is 97.2 Å². The van der Waals surface area contributed by atoms with Gasteiger partial charge in [-0.1, -0.05) is 72.8 Å². The predicted molar refractivity (Wildman–Crippen MR) is 156 cm³/mol. The highest BCUT2D eigenvalue weighted by Crippen LogP contribution is 2.47. The highest BCUT2D eigenvalue weighted by atomic mass is 16.3. The minimum atomic E-state index is -1.83. The van der Waals surface area contributed by atoms with Gasteiger partial charge in [0.05, 0.1) is 17.9 Å². The lowest BCUT2D eigenvalue weighted by atomic mass is 9.82. The van der Waals surface area contributed by atoms with Crippen LogP contribution in [-0.2, 0) is 34.7 Å². The second-order valence-electron chi connectivity index (χ2n) is 10.1. The molecule has 1 aromatic heterocycles. The highest BCUT2D eigenvalue weighted by molar-refractivity contribution is 6.08. The Balaban J connectivity index is 1.45. The second kappa shape index (κ2) is 12.3. The smallest absolute Gasteiger partial charge is 0.264 e. The monoisotopic (exact) mass is 551 g/mol. The number of hydrogen-bond donors (Lipinski definition) is 2. The number of rotatable bonds is 12. The van der Waals surface area contributed by atoms with Crippen molar-refractivity contribution >= 4 is 29.4 Å². The fourth-order valence-corrected chi connectivity index (χ4v) is 5.19. The zero-order chi connectivity index (χ0) is 28.8. The molecule has 2 heterocycles. The average molecular weight is 552 g/mol. The lowest BCUT2D eigenvalue weighted by molar-refractivity contribution is -0.139. The summed E-state index contributed by atoms with van der Waals surface area (Å²) in [4.78, 5) is 29.2. The number of aryl methyl sites for hydroxylation is 1. The maximum atomic E-state index is 14.0. The minimum absolute atomic E-state index is 0.0170. The number of para-hydroxylation sites is 1. The molecule has 2 N–H and O–H groups in total. The molecule has 5 rings (SSSR count). The van der Waals surface area contributed by atoms with Crippen molar-refractivity contribution in [3.8, 4) is 0 Å². The Labute approximate surface area is 239 Å². The van der Waals surface area contributed by atoms with E-state index in [-0.39, 0.29) is 6.61 Å². The Bertz CT molecular complexity index is 1520. The summed E-state index contributed by atoms with van der Waals surface area (Å²) < 4.78 is 1.70. The van der Waals surface area contributed by atoms with Crippen LogP contribution in [0.25, 0.3) is 0 Å². The Morgan fingerprint density at radius 3 is 2.46 bits per heavy atom. The quantitative estimate of drug-likeness (QED) is 0.202. The summed E-state index contributed by atoms with van der Waals surface area (Å²) in [5.74, 6) is -0.972. The molecule has 4 aromatic rings. The molecule has 0 radical (unpaired) electrons. The first-order valence-corrected chi connectivity index (χ1v) is 13.6. The topological polar surface area (TPSA) is 112 Å². The Morgan fingerprint density at radius 1 is 1.02 bits per heavy atom. The van der Waals surface area contributed by atoms with Gasteiger partial charge in [0, 0.05) is 48.6 Å². The minimum Gasteiger partial charge on any atom is -0.396 e. The van der Waals surface area contributed by atoms with Crippen molar-refractivity contribution in [3.63, 3.8) is 0 Å². The number of fused-ring (bicyclic) bond motifs is 1. The van der Waals surface area contributed by atoms with Gasteiger partial charge in [0.1, 0.15) is 0 Å². The summed E-state index contributed by atoms with van der Waals surface area (Å²) in [6.45, 7) is 2.72. The number of aromatic nitrogens is 3. The van der Waals surface area contributed by atoms with E-state index in [1.54, 1.807) is 34.0 Å². The third-order valence-electron chi connectivity index (χ3n) is 7.42. The van der Waals surface area contributed by atoms with Crippen LogP contribution in [0.3, 0.4) is 0 Å². The zero-order valence-corrected chi connectivity index (χ0v) is 22.9. The van der Waals surface area contributed by atoms with E-state index in [0.717, 1.165) is 17.7 Å². The summed E-state index contributed by atoms with van der Waals surface area (Å²) in [7, 11) is 0. The molecule has 2 atom stereocenters. The molecule has 2 amide bonds. The second-order valence-corrected chi connectivity index (χ2v) is 10.1. The largest absolute Gasteiger partial charge is 0.396 e. The van der Waals surface area contributed by atoms with Gasteiger partial charge in [-0.3, -0.25) is 19.2 Å². The van der Waals surface area contributed by atoms with Gasteiger partial charge in [-0.15, -0.1) is 5.10 Å². The van der Waals surface area contributed by atoms with Crippen LogP contribution in [0, 0.1) is 5.92 Å². The van der Waals surface area contributed by atoms with Gasteiger partial charge < -0.3 is 15.1 Å². The van der Waals surface area contributed by atoms with Gasteiger partial charge >= 0.3 is 0 Å². The van der Waals surface area contributed by atoms with E-state index in [4.69, 9.17) is 5.11 Å². The number of anilines is 3. The molecule has 0 unspecified atom stereocenters. The van der Waals surface area contributed by atoms with Crippen LogP contribution in [0.1, 0.15) is 30.2 Å². The van der Waals surface area contributed by atoms with Gasteiger partial charge in [-0.25, -0.2) is 0 Å². The van der Waals surface area contributed by atoms with Gasteiger partial charge in [-0.2, -0.15) is 0 Å². The lowest BCUT2D eigenvalue weighted by Gasteiger charge is -2.28. The van der Waals surface area contributed by atoms with Crippen LogP contribution in [-0.4, -0.2) is 44.1 Å². The van der Waals surface area contributed by atoms with E-state index in [1.807, 2.05) is 79.7 Å². The molecular formula is C32H33N5O4. The van der Waals surface area contributed by atoms with E-state index in [1.165, 1.54) is 4.90 Å². The summed E-state index contributed by atoms with van der Waals surface area (Å²) in [5.41, 5.74) is 2.14. The van der Waals surface area contributed by atoms with Crippen molar-refractivity contribution in [2.24, 2.45) is 5.92 Å². The van der Waals surface area contributed by atoms with Crippen LogP contribution in [0.5, 0.6) is 0 Å². The number of allylic oxidation sites excluding steroid dienone is 1. The Kier molecular flexibility index (Phi) is 8.37. The number of aliphatic hydroxyl groups is 2. The first kappa shape index (κ1) is 27.9. The van der Waals surface area contributed by atoms with Crippen LogP contribution >= 0.6 is 0 Å². The molecule has 9 nitrogen and oxygen atoms in total. The zero-order valence-electron chi connectivity index (χ0n) is 22.9. The first-order valence-electron chi connectivity index (χ1n) is 13.6. The molecule has 41 heavy (non-hydrogen) atoms. The van der Waals surface area contributed by atoms with E-state index < -0.39 is 17.4 Å². The maximum Gasteiger partial charge on any atom is 0.264 e. The van der Waals surface area contributed by atoms with Crippen LogP contribution in [0.2, 0.25) is 0 Å². The third-order valence-corrected chi connectivity index (χ3v) is 7.42. The van der Waals surface area contributed by atoms with Gasteiger partial charge in [0.2, 0.25) is 6.41 Å². The highest BCUT2D eigenvalue weighted by Gasteiger charge is 2.52. The molecule has 210 valence electrons. The predicted octanol–water partition coefficient (Wildman–Crippen LogP) is 4.12. The molecule has 0 bridgehead atoms. The van der Waals surface area contributed by atoms with Gasteiger partial charge in [0.15, 0.2) is 5.60 Å². The first-order chi connectivity index (χ1) is 20.0. The SMILES string of the molecule is C[C@@H](/C=C/CCn1cc(CCO)nn1)[C@]1(O)C(=O)N(Cc2ccccc2)c2ccc(N(C=O)c3ccccc3)cc21. The van der Waals surface area contributed by atoms with Crippen molar-refractivity contribution in [1.29, 1.82) is 0 Å². The van der Waals surface area contributed by atoms with Crippen molar-refractivity contribution in [2.75, 3.05) is 16.4 Å². The molecule has 0 spiro atoms. The summed E-state index contributed by atoms with van der Waals surface area (Å²) in [5, 5.41) is 29.3. The standard InChI is InChI=1S/C32H33N5O4/c1-24(10-8-9-18-35-22-26(17-19-38)33-34-35)32(41)29-20-28(37(23-39)27-13-6-3-7-14-27)15-16-30(29)36(31(32)40)21-25-11-4-2-5-12-25/h2-8,10-16,20,22-24,38,41H,9,17-19,21H2,1H3/b10-8+/t24-,32+/m0/s1. The van der Waals surface area contributed by atoms with E-state index >= 15 is 0 Å². The van der Waals surface area contributed by atoms with Crippen LogP contribution < -0.4 is 9.80 Å². The number of nitrogens with zero attached hydrogens (tertiary/aromatic N) is 5. The number of amides is 2. The Hall–Kier alpha value is -4.60. The summed E-state index contributed by atoms with van der Waals surface area (Å²) in [6.07, 6.45) is 7.37. The number of aliphatic hydroxyl groups excluding tert-OH is 1. The fourth-order valence-electron chi connectivity index (χ4n) is 5.19. The van der Waals surface area contributed by atoms with Crippen molar-refractivity contribution in [1.82, 2.24) is 15.0 Å². The van der Waals surface area contributed by atoms with Gasteiger partial charge in [0.25, 0.3) is 5.91 Å². The molecule has 3 aromatic carbocycles. The molecular weight excluding hydrogens is 518 g/mol. The number of carbonyl (C=O) groups is 2. The molecule has 0 saturated heterocycles. The van der Waals surface area contributed by atoms with Crippen molar-refractivity contribution < 1.29 is 19.8 Å². The molecule has 9 heteroatoms. The summed E-state index contributed by atoms with van der Waals surface area (Å²) >= 11 is 0. The van der Waals surface area contributed by atoms with E-state index in [2.05, 4.69) is 10.3 Å². The average Bonchev–Trinajstić information content (AvgIpc) is 3.53. The maximum absolute atomic E-state index is 14.0. The normalized spacial score (nSPS) is 17.1. The number of benzene rings is 3. The summed E-state index contributed by atoms with van der Waals surface area (Å²) in [6, 6.07) is 24.2. The van der Waals surface area contributed by atoms with Crippen molar-refractivity contribution in [2.45, 2.75) is 38.5 Å². The van der Waals surface area contributed by atoms with Crippen molar-refractivity contribution in [3.05, 3.63) is 114 Å². The van der Waals surface area contributed by atoms with Gasteiger partial charge in [-0.05, 0) is 42.3 Å². The molecule has 1 aliphatic rings. The number of hydrogen-bond acceptors (Lipinski definition) is 6. The van der Waals surface area contributed by atoms with Crippen LogP contribution in [0.4, 0.5) is 17.1 Å². The van der Waals surface area contributed by atoms with E-state index in [0.29, 0.717) is 48.6 Å². The lowest BCUT2D eigenvalue weighted by Crippen LogP contribution is -2.44. The Morgan fingerprint density at radius 2 is 1.76 bits per heavy atom. The molecule has 0 fully saturated rings. The molecule has 0 aliphatic carbocycles. The van der Waals surface area contributed by atoms with E-state index in [9.17, 15) is 14.7 Å². The number of carbonyl (C=O) groups excluding carboxylic acids is 2.